The van der Waals surface area contributed by atoms with Crippen molar-refractivity contribution >= 4 is 21.5 Å². The Bertz CT molecular complexity index is 1270. The molecule has 0 aliphatic heterocycles. The van der Waals surface area contributed by atoms with E-state index in [9.17, 15) is 0 Å². The first-order valence-corrected chi connectivity index (χ1v) is 9.11. The van der Waals surface area contributed by atoms with Crippen molar-refractivity contribution in [1.82, 2.24) is 9.97 Å². The maximum absolute atomic E-state index is 5.09. The molecule has 128 valence electrons. The highest BCUT2D eigenvalue weighted by Crippen LogP contribution is 2.36. The van der Waals surface area contributed by atoms with Crippen LogP contribution in [0.2, 0.25) is 0 Å². The standard InChI is InChI=1S/C25H18N2/c1-17-13-14-18-8-2-4-10-20(18)24(17)25-21-11-5-3-9-19(21)16-23(27-25)22-12-6-7-15-26-22/h2-16H,1H3. The molecule has 2 heteroatoms. The molecule has 0 atom stereocenters. The molecule has 0 N–H and O–H groups in total. The van der Waals surface area contributed by atoms with E-state index in [1.54, 1.807) is 0 Å². The molecule has 2 nitrogen and oxygen atoms in total. The summed E-state index contributed by atoms with van der Waals surface area (Å²) in [6, 6.07) is 29.4. The fraction of sp³-hybridized carbons (Fsp3) is 0.0400. The maximum atomic E-state index is 5.09. The van der Waals surface area contributed by atoms with Crippen LogP contribution in [0, 0.1) is 6.92 Å². The number of aromatic nitrogens is 2. The number of pyridine rings is 2. The van der Waals surface area contributed by atoms with Gasteiger partial charge >= 0.3 is 0 Å². The van der Waals surface area contributed by atoms with Gasteiger partial charge < -0.3 is 0 Å². The lowest BCUT2D eigenvalue weighted by atomic mass is 9.94. The molecule has 0 saturated heterocycles. The van der Waals surface area contributed by atoms with Gasteiger partial charge in [0.15, 0.2) is 0 Å². The molecule has 0 bridgehead atoms. The summed E-state index contributed by atoms with van der Waals surface area (Å²) in [4.78, 5) is 9.60. The van der Waals surface area contributed by atoms with Gasteiger partial charge in [0.1, 0.15) is 0 Å². The molecule has 0 amide bonds. The largest absolute Gasteiger partial charge is 0.255 e. The number of aryl methyl sites for hydroxylation is 1. The van der Waals surface area contributed by atoms with Gasteiger partial charge in [-0.3, -0.25) is 4.98 Å². The first-order chi connectivity index (χ1) is 13.3. The minimum atomic E-state index is 0.891. The first-order valence-electron chi connectivity index (χ1n) is 9.11. The van der Waals surface area contributed by atoms with E-state index in [0.29, 0.717) is 0 Å². The van der Waals surface area contributed by atoms with Crippen LogP contribution in [0.25, 0.3) is 44.2 Å². The second-order valence-electron chi connectivity index (χ2n) is 6.77. The fourth-order valence-corrected chi connectivity index (χ4v) is 3.73. The second kappa shape index (κ2) is 6.33. The second-order valence-corrected chi connectivity index (χ2v) is 6.77. The average Bonchev–Trinajstić information content (AvgIpc) is 2.74. The Labute approximate surface area is 158 Å². The molecule has 0 aliphatic carbocycles. The van der Waals surface area contributed by atoms with Gasteiger partial charge in [0.05, 0.1) is 17.1 Å². The Morgan fingerprint density at radius 1 is 0.630 bits per heavy atom. The molecular formula is C25H18N2. The van der Waals surface area contributed by atoms with E-state index in [2.05, 4.69) is 78.6 Å². The molecule has 5 aromatic rings. The number of nitrogens with zero attached hydrogens (tertiary/aromatic N) is 2. The maximum Gasteiger partial charge on any atom is 0.0900 e. The van der Waals surface area contributed by atoms with E-state index in [1.807, 2.05) is 24.4 Å². The van der Waals surface area contributed by atoms with Gasteiger partial charge in [-0.15, -0.1) is 0 Å². The van der Waals surface area contributed by atoms with Crippen molar-refractivity contribution in [3.63, 3.8) is 0 Å². The van der Waals surface area contributed by atoms with E-state index in [-0.39, 0.29) is 0 Å². The van der Waals surface area contributed by atoms with Crippen molar-refractivity contribution in [2.45, 2.75) is 6.92 Å². The zero-order chi connectivity index (χ0) is 18.2. The number of rotatable bonds is 2. The number of benzene rings is 3. The molecule has 0 fully saturated rings. The lowest BCUT2D eigenvalue weighted by Gasteiger charge is -2.14. The molecule has 27 heavy (non-hydrogen) atoms. The predicted molar refractivity (Wildman–Crippen MR) is 113 cm³/mol. The van der Waals surface area contributed by atoms with Crippen LogP contribution in [0.15, 0.2) is 91.1 Å². The highest BCUT2D eigenvalue weighted by Gasteiger charge is 2.14. The molecule has 5 rings (SSSR count). The van der Waals surface area contributed by atoms with Crippen molar-refractivity contribution in [2.75, 3.05) is 0 Å². The summed E-state index contributed by atoms with van der Waals surface area (Å²) in [7, 11) is 0. The van der Waals surface area contributed by atoms with Crippen LogP contribution in [0.4, 0.5) is 0 Å². The van der Waals surface area contributed by atoms with E-state index in [4.69, 9.17) is 4.98 Å². The Balaban J connectivity index is 1.90. The zero-order valence-electron chi connectivity index (χ0n) is 15.1. The van der Waals surface area contributed by atoms with Gasteiger partial charge in [-0.2, -0.15) is 0 Å². The average molecular weight is 346 g/mol. The Morgan fingerprint density at radius 3 is 2.19 bits per heavy atom. The van der Waals surface area contributed by atoms with Crippen LogP contribution in [0.3, 0.4) is 0 Å². The lowest BCUT2D eigenvalue weighted by molar-refractivity contribution is 1.26. The predicted octanol–water partition coefficient (Wildman–Crippen LogP) is 6.43. The third kappa shape index (κ3) is 2.67. The summed E-state index contributed by atoms with van der Waals surface area (Å²) in [5.74, 6) is 0. The van der Waals surface area contributed by atoms with Crippen molar-refractivity contribution in [1.29, 1.82) is 0 Å². The SMILES string of the molecule is Cc1ccc2ccccc2c1-c1nc(-c2ccccn2)cc2ccccc12. The molecule has 0 spiro atoms. The Hall–Kier alpha value is -3.52. The summed E-state index contributed by atoms with van der Waals surface area (Å²) >= 11 is 0. The Morgan fingerprint density at radius 2 is 1.37 bits per heavy atom. The minimum Gasteiger partial charge on any atom is -0.255 e. The zero-order valence-corrected chi connectivity index (χ0v) is 15.1. The lowest BCUT2D eigenvalue weighted by Crippen LogP contribution is -1.95. The van der Waals surface area contributed by atoms with Gasteiger partial charge in [-0.05, 0) is 46.8 Å². The normalized spacial score (nSPS) is 11.1. The van der Waals surface area contributed by atoms with Crippen LogP contribution in [-0.4, -0.2) is 9.97 Å². The molecule has 2 aromatic heterocycles. The number of fused-ring (bicyclic) bond motifs is 2. The van der Waals surface area contributed by atoms with Crippen molar-refractivity contribution in [3.8, 4) is 22.6 Å². The van der Waals surface area contributed by atoms with Crippen LogP contribution < -0.4 is 0 Å². The van der Waals surface area contributed by atoms with Crippen molar-refractivity contribution in [2.24, 2.45) is 0 Å². The minimum absolute atomic E-state index is 0.891. The van der Waals surface area contributed by atoms with Crippen LogP contribution >= 0.6 is 0 Å². The summed E-state index contributed by atoms with van der Waals surface area (Å²) in [6.45, 7) is 2.16. The molecule has 3 aromatic carbocycles. The van der Waals surface area contributed by atoms with E-state index < -0.39 is 0 Å². The summed E-state index contributed by atoms with van der Waals surface area (Å²) < 4.78 is 0. The molecule has 0 radical (unpaired) electrons. The van der Waals surface area contributed by atoms with Gasteiger partial charge in [-0.25, -0.2) is 4.98 Å². The van der Waals surface area contributed by atoms with E-state index >= 15 is 0 Å². The van der Waals surface area contributed by atoms with Crippen LogP contribution in [0.5, 0.6) is 0 Å². The third-order valence-electron chi connectivity index (χ3n) is 5.04. The smallest absolute Gasteiger partial charge is 0.0900 e. The summed E-state index contributed by atoms with van der Waals surface area (Å²) in [6.07, 6.45) is 1.81. The highest BCUT2D eigenvalue weighted by atomic mass is 14.8. The van der Waals surface area contributed by atoms with Crippen molar-refractivity contribution in [3.05, 3.63) is 96.7 Å². The Kier molecular flexibility index (Phi) is 3.68. The summed E-state index contributed by atoms with van der Waals surface area (Å²) in [5, 5.41) is 4.80. The summed E-state index contributed by atoms with van der Waals surface area (Å²) in [5.41, 5.74) is 5.23. The van der Waals surface area contributed by atoms with Gasteiger partial charge in [0, 0.05) is 17.1 Å². The van der Waals surface area contributed by atoms with Gasteiger partial charge in [-0.1, -0.05) is 66.7 Å². The van der Waals surface area contributed by atoms with E-state index in [0.717, 1.165) is 22.5 Å². The molecular weight excluding hydrogens is 328 g/mol. The van der Waals surface area contributed by atoms with Crippen LogP contribution in [-0.2, 0) is 0 Å². The quantitative estimate of drug-likeness (QED) is 0.368. The van der Waals surface area contributed by atoms with Crippen LogP contribution in [0.1, 0.15) is 5.56 Å². The monoisotopic (exact) mass is 346 g/mol. The van der Waals surface area contributed by atoms with Crippen molar-refractivity contribution < 1.29 is 0 Å². The molecule has 0 unspecified atom stereocenters. The highest BCUT2D eigenvalue weighted by molar-refractivity contribution is 6.05. The molecule has 0 saturated carbocycles. The molecule has 2 heterocycles. The topological polar surface area (TPSA) is 25.8 Å². The molecule has 0 aliphatic rings. The van der Waals surface area contributed by atoms with Gasteiger partial charge in [0.2, 0.25) is 0 Å². The fourth-order valence-electron chi connectivity index (χ4n) is 3.73. The number of hydrogen-bond donors (Lipinski definition) is 0. The first kappa shape index (κ1) is 15.7. The number of hydrogen-bond acceptors (Lipinski definition) is 2. The third-order valence-corrected chi connectivity index (χ3v) is 5.04. The van der Waals surface area contributed by atoms with Gasteiger partial charge in [0.25, 0.3) is 0 Å². The van der Waals surface area contributed by atoms with E-state index in [1.165, 1.54) is 27.3 Å².